The number of amides is 2. The summed E-state index contributed by atoms with van der Waals surface area (Å²) in [5.74, 6) is -0.317. The van der Waals surface area contributed by atoms with E-state index in [9.17, 15) is 9.59 Å². The average molecular weight is 295 g/mol. The van der Waals surface area contributed by atoms with Gasteiger partial charge in [0, 0.05) is 23.4 Å². The second-order valence-electron chi connectivity index (χ2n) is 3.86. The van der Waals surface area contributed by atoms with Gasteiger partial charge in [0.15, 0.2) is 5.13 Å². The van der Waals surface area contributed by atoms with Gasteiger partial charge in [0.25, 0.3) is 0 Å². The van der Waals surface area contributed by atoms with Crippen LogP contribution in [0.15, 0.2) is 29.1 Å². The quantitative estimate of drug-likeness (QED) is 0.890. The first-order chi connectivity index (χ1) is 9.15. The van der Waals surface area contributed by atoms with Crippen molar-refractivity contribution in [3.05, 3.63) is 34.0 Å². The molecule has 0 aromatic carbocycles. The summed E-state index contributed by atoms with van der Waals surface area (Å²) in [6, 6.07) is 3.51. The molecule has 2 aromatic heterocycles. The van der Waals surface area contributed by atoms with E-state index < -0.39 is 0 Å². The van der Waals surface area contributed by atoms with Gasteiger partial charge in [-0.15, -0.1) is 22.7 Å². The average Bonchev–Trinajstić information content (AvgIpc) is 2.99. The highest BCUT2D eigenvalue weighted by Crippen LogP contribution is 2.23. The molecule has 2 N–H and O–H groups in total. The Bertz CT molecular complexity index is 537. The maximum atomic E-state index is 11.9. The highest BCUT2D eigenvalue weighted by molar-refractivity contribution is 7.13. The standard InChI is InChI=1S/C12H13N3O2S2/c1-8(16)14-9(10-3-2-5-18-10)7-11(17)15-12-13-4-6-19-12/h2-6,9H,7H2,1H3,(H,14,16)(H,13,15,17)/t9-/m0/s1. The van der Waals surface area contributed by atoms with E-state index in [1.165, 1.54) is 29.6 Å². The third-order valence-corrected chi connectivity index (χ3v) is 4.01. The van der Waals surface area contributed by atoms with Crippen molar-refractivity contribution < 1.29 is 9.59 Å². The van der Waals surface area contributed by atoms with Crippen molar-refractivity contribution in [1.82, 2.24) is 10.3 Å². The first kappa shape index (κ1) is 13.7. The molecule has 0 fully saturated rings. The third-order valence-electron chi connectivity index (χ3n) is 2.33. The van der Waals surface area contributed by atoms with E-state index in [-0.39, 0.29) is 24.3 Å². The number of thiazole rings is 1. The summed E-state index contributed by atoms with van der Waals surface area (Å²) < 4.78 is 0. The van der Waals surface area contributed by atoms with Crippen LogP contribution in [0, 0.1) is 0 Å². The molecule has 100 valence electrons. The smallest absolute Gasteiger partial charge is 0.228 e. The lowest BCUT2D eigenvalue weighted by molar-refractivity contribution is -0.120. The van der Waals surface area contributed by atoms with E-state index in [0.717, 1.165) is 4.88 Å². The number of anilines is 1. The number of nitrogens with zero attached hydrogens (tertiary/aromatic N) is 1. The molecule has 0 spiro atoms. The minimum atomic E-state index is -0.294. The SMILES string of the molecule is CC(=O)N[C@@H](CC(=O)Nc1nccs1)c1cccs1. The highest BCUT2D eigenvalue weighted by atomic mass is 32.1. The van der Waals surface area contributed by atoms with Crippen LogP contribution >= 0.6 is 22.7 Å². The van der Waals surface area contributed by atoms with Crippen LogP contribution in [0.5, 0.6) is 0 Å². The van der Waals surface area contributed by atoms with Gasteiger partial charge in [-0.25, -0.2) is 4.98 Å². The zero-order chi connectivity index (χ0) is 13.7. The Morgan fingerprint density at radius 2 is 2.21 bits per heavy atom. The van der Waals surface area contributed by atoms with Crippen molar-refractivity contribution in [3.8, 4) is 0 Å². The number of rotatable bonds is 5. The molecule has 0 saturated heterocycles. The van der Waals surface area contributed by atoms with Gasteiger partial charge in [0.05, 0.1) is 12.5 Å². The van der Waals surface area contributed by atoms with Crippen molar-refractivity contribution in [2.45, 2.75) is 19.4 Å². The third kappa shape index (κ3) is 4.15. The lowest BCUT2D eigenvalue weighted by Crippen LogP contribution is -2.29. The summed E-state index contributed by atoms with van der Waals surface area (Å²) in [6.07, 6.45) is 1.82. The summed E-state index contributed by atoms with van der Waals surface area (Å²) in [5.41, 5.74) is 0. The summed E-state index contributed by atoms with van der Waals surface area (Å²) in [6.45, 7) is 1.44. The van der Waals surface area contributed by atoms with Gasteiger partial charge in [-0.3, -0.25) is 9.59 Å². The monoisotopic (exact) mass is 295 g/mol. The van der Waals surface area contributed by atoms with Crippen LogP contribution in [0.4, 0.5) is 5.13 Å². The summed E-state index contributed by atoms with van der Waals surface area (Å²) in [7, 11) is 0. The van der Waals surface area contributed by atoms with Gasteiger partial charge in [-0.2, -0.15) is 0 Å². The van der Waals surface area contributed by atoms with Crippen LogP contribution in [0.3, 0.4) is 0 Å². The Morgan fingerprint density at radius 1 is 1.37 bits per heavy atom. The Hall–Kier alpha value is -1.73. The first-order valence-corrected chi connectivity index (χ1v) is 7.41. The molecule has 7 heteroatoms. The van der Waals surface area contributed by atoms with E-state index in [4.69, 9.17) is 0 Å². The molecule has 19 heavy (non-hydrogen) atoms. The number of hydrogen-bond acceptors (Lipinski definition) is 5. The topological polar surface area (TPSA) is 71.1 Å². The largest absolute Gasteiger partial charge is 0.348 e. The fourth-order valence-electron chi connectivity index (χ4n) is 1.60. The van der Waals surface area contributed by atoms with Crippen molar-refractivity contribution in [2.75, 3.05) is 5.32 Å². The first-order valence-electron chi connectivity index (χ1n) is 5.65. The molecule has 0 saturated carbocycles. The fraction of sp³-hybridized carbons (Fsp3) is 0.250. The van der Waals surface area contributed by atoms with Crippen molar-refractivity contribution in [2.24, 2.45) is 0 Å². The summed E-state index contributed by atoms with van der Waals surface area (Å²) >= 11 is 2.88. The highest BCUT2D eigenvalue weighted by Gasteiger charge is 2.18. The van der Waals surface area contributed by atoms with Crippen molar-refractivity contribution >= 4 is 39.6 Å². The molecule has 0 radical (unpaired) electrons. The van der Waals surface area contributed by atoms with Gasteiger partial charge in [0.2, 0.25) is 11.8 Å². The van der Waals surface area contributed by atoms with E-state index in [1.807, 2.05) is 17.5 Å². The van der Waals surface area contributed by atoms with Gasteiger partial charge in [-0.1, -0.05) is 6.07 Å². The molecule has 0 aliphatic rings. The molecule has 1 atom stereocenters. The number of carbonyl (C=O) groups is 2. The van der Waals surface area contributed by atoms with Crippen molar-refractivity contribution in [1.29, 1.82) is 0 Å². The normalized spacial score (nSPS) is 11.8. The Morgan fingerprint density at radius 3 is 2.79 bits per heavy atom. The zero-order valence-corrected chi connectivity index (χ0v) is 11.9. The van der Waals surface area contributed by atoms with Crippen LogP contribution in [-0.2, 0) is 9.59 Å². The van der Waals surface area contributed by atoms with E-state index in [2.05, 4.69) is 15.6 Å². The molecule has 2 aromatic rings. The lowest BCUT2D eigenvalue weighted by atomic mass is 10.1. The number of thiophene rings is 1. The van der Waals surface area contributed by atoms with E-state index in [1.54, 1.807) is 11.6 Å². The molecule has 0 aliphatic heterocycles. The summed E-state index contributed by atoms with van der Waals surface area (Å²) in [4.78, 5) is 28.1. The Balaban J connectivity index is 1.99. The van der Waals surface area contributed by atoms with Crippen LogP contribution in [0.1, 0.15) is 24.3 Å². The molecule has 0 bridgehead atoms. The molecular formula is C12H13N3O2S2. The zero-order valence-electron chi connectivity index (χ0n) is 10.3. The van der Waals surface area contributed by atoms with E-state index in [0.29, 0.717) is 5.13 Å². The number of carbonyl (C=O) groups excluding carboxylic acids is 2. The Kier molecular flexibility index (Phi) is 4.64. The lowest BCUT2D eigenvalue weighted by Gasteiger charge is -2.15. The fourth-order valence-corrected chi connectivity index (χ4v) is 2.92. The van der Waals surface area contributed by atoms with Gasteiger partial charge in [0.1, 0.15) is 0 Å². The molecule has 2 amide bonds. The van der Waals surface area contributed by atoms with E-state index >= 15 is 0 Å². The number of nitrogens with one attached hydrogen (secondary N) is 2. The van der Waals surface area contributed by atoms with Crippen LogP contribution in [0.25, 0.3) is 0 Å². The minimum absolute atomic E-state index is 0.152. The second kappa shape index (κ2) is 6.44. The molecule has 0 unspecified atom stereocenters. The molecule has 0 aliphatic carbocycles. The maximum Gasteiger partial charge on any atom is 0.228 e. The van der Waals surface area contributed by atoms with Crippen LogP contribution in [-0.4, -0.2) is 16.8 Å². The van der Waals surface area contributed by atoms with Crippen molar-refractivity contribution in [3.63, 3.8) is 0 Å². The predicted molar refractivity (Wildman–Crippen MR) is 76.2 cm³/mol. The summed E-state index contributed by atoms with van der Waals surface area (Å²) in [5, 5.41) is 9.77. The Labute approximate surface area is 118 Å². The molecule has 5 nitrogen and oxygen atoms in total. The van der Waals surface area contributed by atoms with Gasteiger partial charge in [-0.05, 0) is 11.4 Å². The van der Waals surface area contributed by atoms with Crippen LogP contribution < -0.4 is 10.6 Å². The molecule has 2 heterocycles. The minimum Gasteiger partial charge on any atom is -0.348 e. The second-order valence-corrected chi connectivity index (χ2v) is 5.73. The predicted octanol–water partition coefficient (Wildman–Crippen LogP) is 2.41. The molecular weight excluding hydrogens is 282 g/mol. The maximum absolute atomic E-state index is 11.9. The number of hydrogen-bond donors (Lipinski definition) is 2. The van der Waals surface area contributed by atoms with Gasteiger partial charge >= 0.3 is 0 Å². The number of aromatic nitrogens is 1. The van der Waals surface area contributed by atoms with Gasteiger partial charge < -0.3 is 10.6 Å². The molecule has 2 rings (SSSR count). The van der Waals surface area contributed by atoms with Crippen LogP contribution in [0.2, 0.25) is 0 Å².